The minimum Gasteiger partial charge on any atom is -0.460 e. The SMILES string of the molecule is O=C(OCc1cc(Br)cc(C(F)(F)F)c1)C1(c2ccccc2)CCNCC1. The minimum absolute atomic E-state index is 0.205. The molecule has 1 N–H and O–H groups in total. The van der Waals surface area contributed by atoms with Gasteiger partial charge in [0.15, 0.2) is 0 Å². The van der Waals surface area contributed by atoms with E-state index in [1.807, 2.05) is 30.3 Å². The summed E-state index contributed by atoms with van der Waals surface area (Å²) in [5.74, 6) is -0.399. The third-order valence-electron chi connectivity index (χ3n) is 4.83. The Morgan fingerprint density at radius 2 is 1.78 bits per heavy atom. The van der Waals surface area contributed by atoms with Crippen molar-refractivity contribution < 1.29 is 22.7 Å². The lowest BCUT2D eigenvalue weighted by molar-refractivity contribution is -0.153. The van der Waals surface area contributed by atoms with Gasteiger partial charge in [0.05, 0.1) is 11.0 Å². The van der Waals surface area contributed by atoms with Gasteiger partial charge in [0.1, 0.15) is 6.61 Å². The zero-order valence-corrected chi connectivity index (χ0v) is 16.1. The van der Waals surface area contributed by atoms with Crippen molar-refractivity contribution in [3.05, 3.63) is 69.7 Å². The molecule has 0 spiro atoms. The number of nitrogens with one attached hydrogen (secondary N) is 1. The maximum absolute atomic E-state index is 13.0. The number of esters is 1. The number of hydrogen-bond acceptors (Lipinski definition) is 3. The highest BCUT2D eigenvalue weighted by molar-refractivity contribution is 9.10. The summed E-state index contributed by atoms with van der Waals surface area (Å²) >= 11 is 3.09. The van der Waals surface area contributed by atoms with Crippen LogP contribution in [0.25, 0.3) is 0 Å². The summed E-state index contributed by atoms with van der Waals surface area (Å²) in [5.41, 5.74) is -0.378. The number of benzene rings is 2. The highest BCUT2D eigenvalue weighted by Gasteiger charge is 2.42. The Bertz CT molecular complexity index is 803. The van der Waals surface area contributed by atoms with Gasteiger partial charge in [-0.2, -0.15) is 13.2 Å². The number of piperidine rings is 1. The molecule has 3 nitrogen and oxygen atoms in total. The van der Waals surface area contributed by atoms with E-state index >= 15 is 0 Å². The van der Waals surface area contributed by atoms with Crippen molar-refractivity contribution in [2.45, 2.75) is 31.0 Å². The maximum Gasteiger partial charge on any atom is 0.416 e. The summed E-state index contributed by atoms with van der Waals surface area (Å²) < 4.78 is 44.7. The van der Waals surface area contributed by atoms with E-state index in [1.54, 1.807) is 0 Å². The van der Waals surface area contributed by atoms with Crippen molar-refractivity contribution >= 4 is 21.9 Å². The molecule has 27 heavy (non-hydrogen) atoms. The van der Waals surface area contributed by atoms with Gasteiger partial charge >= 0.3 is 12.1 Å². The predicted octanol–water partition coefficient (Wildman–Crippen LogP) is 4.83. The normalized spacial score (nSPS) is 16.7. The van der Waals surface area contributed by atoms with E-state index in [-0.39, 0.29) is 6.61 Å². The summed E-state index contributed by atoms with van der Waals surface area (Å²) in [5, 5.41) is 3.23. The van der Waals surface area contributed by atoms with Gasteiger partial charge in [-0.25, -0.2) is 0 Å². The summed E-state index contributed by atoms with van der Waals surface area (Å²) in [6, 6.07) is 13.0. The summed E-state index contributed by atoms with van der Waals surface area (Å²) in [4.78, 5) is 13.0. The van der Waals surface area contributed by atoms with E-state index in [0.29, 0.717) is 36.0 Å². The van der Waals surface area contributed by atoms with E-state index in [0.717, 1.165) is 17.7 Å². The second-order valence-electron chi connectivity index (χ2n) is 6.62. The molecule has 2 aromatic carbocycles. The molecular formula is C20H19BrF3NO2. The molecule has 0 aliphatic carbocycles. The van der Waals surface area contributed by atoms with Gasteiger partial charge in [0.2, 0.25) is 0 Å². The molecular weight excluding hydrogens is 423 g/mol. The third kappa shape index (κ3) is 4.52. The molecule has 7 heteroatoms. The van der Waals surface area contributed by atoms with Gasteiger partial charge in [-0.1, -0.05) is 46.3 Å². The van der Waals surface area contributed by atoms with E-state index < -0.39 is 23.1 Å². The minimum atomic E-state index is -4.46. The van der Waals surface area contributed by atoms with Gasteiger partial charge in [-0.15, -0.1) is 0 Å². The van der Waals surface area contributed by atoms with E-state index in [4.69, 9.17) is 4.74 Å². The van der Waals surface area contributed by atoms with Crippen molar-refractivity contribution in [2.75, 3.05) is 13.1 Å². The third-order valence-corrected chi connectivity index (χ3v) is 5.29. The van der Waals surface area contributed by atoms with Gasteiger partial charge in [0.25, 0.3) is 0 Å². The molecule has 0 bridgehead atoms. The lowest BCUT2D eigenvalue weighted by atomic mass is 9.73. The molecule has 0 amide bonds. The van der Waals surface area contributed by atoms with E-state index in [2.05, 4.69) is 21.2 Å². The molecule has 144 valence electrons. The topological polar surface area (TPSA) is 38.3 Å². The number of halogens is 4. The Labute approximate surface area is 164 Å². The Balaban J connectivity index is 1.80. The molecule has 0 unspecified atom stereocenters. The fourth-order valence-corrected chi connectivity index (χ4v) is 3.95. The van der Waals surface area contributed by atoms with Crippen molar-refractivity contribution in [3.63, 3.8) is 0 Å². The fraction of sp³-hybridized carbons (Fsp3) is 0.350. The van der Waals surface area contributed by atoms with Crippen LogP contribution >= 0.6 is 15.9 Å². The highest BCUT2D eigenvalue weighted by Crippen LogP contribution is 2.36. The Morgan fingerprint density at radius 1 is 1.11 bits per heavy atom. The summed E-state index contributed by atoms with van der Waals surface area (Å²) in [6.45, 7) is 1.15. The Morgan fingerprint density at radius 3 is 2.41 bits per heavy atom. The first-order chi connectivity index (χ1) is 12.8. The molecule has 0 aromatic heterocycles. The van der Waals surface area contributed by atoms with Crippen molar-refractivity contribution in [1.29, 1.82) is 0 Å². The van der Waals surface area contributed by atoms with Gasteiger partial charge < -0.3 is 10.1 Å². The molecule has 1 fully saturated rings. The lowest BCUT2D eigenvalue weighted by Crippen LogP contribution is -2.46. The van der Waals surface area contributed by atoms with Crippen LogP contribution in [0.15, 0.2) is 53.0 Å². The first-order valence-electron chi connectivity index (χ1n) is 8.61. The first-order valence-corrected chi connectivity index (χ1v) is 9.41. The predicted molar refractivity (Wildman–Crippen MR) is 99.2 cm³/mol. The van der Waals surface area contributed by atoms with Crippen LogP contribution in [0.5, 0.6) is 0 Å². The molecule has 2 aromatic rings. The zero-order valence-electron chi connectivity index (χ0n) is 14.5. The number of alkyl halides is 3. The lowest BCUT2D eigenvalue weighted by Gasteiger charge is -2.35. The standard InChI is InChI=1S/C20H19BrF3NO2/c21-17-11-14(10-16(12-17)20(22,23)24)13-27-18(26)19(6-8-25-9-7-19)15-4-2-1-3-5-15/h1-5,10-12,25H,6-9,13H2. The number of hydrogen-bond donors (Lipinski definition) is 1. The molecule has 1 heterocycles. The Hall–Kier alpha value is -1.86. The van der Waals surface area contributed by atoms with Gasteiger partial charge in [-0.3, -0.25) is 4.79 Å². The quantitative estimate of drug-likeness (QED) is 0.690. The molecule has 0 radical (unpaired) electrons. The second kappa shape index (κ2) is 8.02. The summed E-state index contributed by atoms with van der Waals surface area (Å²) in [7, 11) is 0. The van der Waals surface area contributed by atoms with E-state index in [9.17, 15) is 18.0 Å². The average Bonchev–Trinajstić information content (AvgIpc) is 2.66. The van der Waals surface area contributed by atoms with Crippen LogP contribution in [-0.4, -0.2) is 19.1 Å². The second-order valence-corrected chi connectivity index (χ2v) is 7.54. The largest absolute Gasteiger partial charge is 0.460 e. The van der Waals surface area contributed by atoms with Crippen LogP contribution in [0.3, 0.4) is 0 Å². The first kappa shape index (κ1) is 19.9. The van der Waals surface area contributed by atoms with Crippen LogP contribution in [-0.2, 0) is 27.7 Å². The smallest absolute Gasteiger partial charge is 0.416 e. The number of ether oxygens (including phenoxy) is 1. The molecule has 0 saturated carbocycles. The van der Waals surface area contributed by atoms with Crippen LogP contribution in [0, 0.1) is 0 Å². The summed E-state index contributed by atoms with van der Waals surface area (Å²) in [6.07, 6.45) is -3.28. The van der Waals surface area contributed by atoms with Crippen LogP contribution in [0.1, 0.15) is 29.5 Å². The van der Waals surface area contributed by atoms with Crippen LogP contribution in [0.2, 0.25) is 0 Å². The van der Waals surface area contributed by atoms with Crippen molar-refractivity contribution in [2.24, 2.45) is 0 Å². The molecule has 0 atom stereocenters. The number of carbonyl (C=O) groups excluding carboxylic acids is 1. The van der Waals surface area contributed by atoms with Crippen molar-refractivity contribution in [3.8, 4) is 0 Å². The molecule has 1 aliphatic heterocycles. The molecule has 1 aliphatic rings. The van der Waals surface area contributed by atoms with Gasteiger partial charge in [-0.05, 0) is 55.3 Å². The molecule has 1 saturated heterocycles. The number of rotatable bonds is 4. The molecule has 3 rings (SSSR count). The van der Waals surface area contributed by atoms with Crippen molar-refractivity contribution in [1.82, 2.24) is 5.32 Å². The monoisotopic (exact) mass is 441 g/mol. The average molecular weight is 442 g/mol. The van der Waals surface area contributed by atoms with Crippen LogP contribution < -0.4 is 5.32 Å². The van der Waals surface area contributed by atoms with Gasteiger partial charge in [0, 0.05) is 4.47 Å². The zero-order chi connectivity index (χ0) is 19.5. The highest BCUT2D eigenvalue weighted by atomic mass is 79.9. The fourth-order valence-electron chi connectivity index (χ4n) is 3.41. The number of carbonyl (C=O) groups is 1. The maximum atomic E-state index is 13.0. The van der Waals surface area contributed by atoms with E-state index in [1.165, 1.54) is 6.07 Å². The van der Waals surface area contributed by atoms with Crippen LogP contribution in [0.4, 0.5) is 13.2 Å². The Kier molecular flexibility index (Phi) is 5.91.